The number of thiophene rings is 1. The van der Waals surface area contributed by atoms with E-state index in [1.165, 1.54) is 17.7 Å². The van der Waals surface area contributed by atoms with Crippen molar-refractivity contribution in [2.75, 3.05) is 36.5 Å². The van der Waals surface area contributed by atoms with E-state index >= 15 is 0 Å². The molecule has 1 saturated heterocycles. The van der Waals surface area contributed by atoms with Crippen LogP contribution in [0.5, 0.6) is 0 Å². The van der Waals surface area contributed by atoms with E-state index in [0.717, 1.165) is 18.8 Å². The number of ether oxygens (including phenoxy) is 1. The molecule has 3 aromatic heterocycles. The van der Waals surface area contributed by atoms with Crippen LogP contribution in [0.4, 0.5) is 11.4 Å². The summed E-state index contributed by atoms with van der Waals surface area (Å²) in [6, 6.07) is 3.38. The van der Waals surface area contributed by atoms with Gasteiger partial charge in [-0.15, -0.1) is 11.3 Å². The molecule has 0 radical (unpaired) electrons. The molecule has 10 heteroatoms. The quantitative estimate of drug-likeness (QED) is 0.736. The van der Waals surface area contributed by atoms with E-state index in [0.29, 0.717) is 33.9 Å². The molecule has 1 amide bonds. The van der Waals surface area contributed by atoms with Crippen LogP contribution < -0.4 is 10.2 Å². The maximum Gasteiger partial charge on any atom is 0.265 e. The normalized spacial score (nSPS) is 14.4. The van der Waals surface area contributed by atoms with Crippen LogP contribution in [0.15, 0.2) is 37.1 Å². The van der Waals surface area contributed by atoms with Gasteiger partial charge in [-0.1, -0.05) is 11.6 Å². The molecule has 3 aromatic rings. The lowest BCUT2D eigenvalue weighted by Crippen LogP contribution is -2.37. The number of rotatable bonds is 4. The molecule has 0 spiro atoms. The summed E-state index contributed by atoms with van der Waals surface area (Å²) in [5, 5.41) is 7.14. The van der Waals surface area contributed by atoms with Crippen LogP contribution in [-0.2, 0) is 4.74 Å². The number of anilines is 2. The number of carbonyl (C=O) groups excluding carboxylic acids is 1. The second-order valence-electron chi connectivity index (χ2n) is 5.56. The zero-order chi connectivity index (χ0) is 17.9. The van der Waals surface area contributed by atoms with Crippen LogP contribution in [-0.4, -0.2) is 52.0 Å². The van der Waals surface area contributed by atoms with Crippen molar-refractivity contribution in [1.29, 1.82) is 0 Å². The lowest BCUT2D eigenvalue weighted by Gasteiger charge is -2.29. The lowest BCUT2D eigenvalue weighted by molar-refractivity contribution is 0.103. The summed E-state index contributed by atoms with van der Waals surface area (Å²) in [6.45, 7) is 2.87. The van der Waals surface area contributed by atoms with Gasteiger partial charge in [0.15, 0.2) is 5.82 Å². The summed E-state index contributed by atoms with van der Waals surface area (Å²) in [7, 11) is 0. The Hall–Kier alpha value is -2.49. The van der Waals surface area contributed by atoms with E-state index in [-0.39, 0.29) is 5.91 Å². The first kappa shape index (κ1) is 17.0. The number of amides is 1. The van der Waals surface area contributed by atoms with Crippen LogP contribution >= 0.6 is 22.9 Å². The van der Waals surface area contributed by atoms with Gasteiger partial charge in [0.25, 0.3) is 5.91 Å². The third kappa shape index (κ3) is 3.55. The molecule has 0 unspecified atom stereocenters. The molecule has 134 valence electrons. The van der Waals surface area contributed by atoms with Crippen LogP contribution in [0.1, 0.15) is 9.67 Å². The van der Waals surface area contributed by atoms with E-state index in [4.69, 9.17) is 16.3 Å². The van der Waals surface area contributed by atoms with Crippen LogP contribution in [0.2, 0.25) is 4.34 Å². The molecule has 1 N–H and O–H groups in total. The van der Waals surface area contributed by atoms with Crippen LogP contribution in [0.25, 0.3) is 5.82 Å². The van der Waals surface area contributed by atoms with Gasteiger partial charge in [-0.3, -0.25) is 4.79 Å². The Kier molecular flexibility index (Phi) is 4.83. The number of hydrogen-bond acceptors (Lipinski definition) is 7. The highest BCUT2D eigenvalue weighted by Gasteiger charge is 2.18. The molecular formula is C16H15ClN6O2S. The number of halogens is 1. The Bertz CT molecular complexity index is 921. The maximum absolute atomic E-state index is 12.2. The fraction of sp³-hybridized carbons (Fsp3) is 0.250. The van der Waals surface area contributed by atoms with Crippen molar-refractivity contribution in [3.63, 3.8) is 0 Å². The van der Waals surface area contributed by atoms with Crippen molar-refractivity contribution in [1.82, 2.24) is 19.7 Å². The van der Waals surface area contributed by atoms with E-state index < -0.39 is 0 Å². The minimum atomic E-state index is -0.224. The van der Waals surface area contributed by atoms with Crippen LogP contribution in [0, 0.1) is 0 Å². The topological polar surface area (TPSA) is 85.2 Å². The minimum absolute atomic E-state index is 0.224. The van der Waals surface area contributed by atoms with Crippen molar-refractivity contribution in [3.05, 3.63) is 46.3 Å². The number of nitrogens with one attached hydrogen (secondary N) is 1. The molecule has 0 aromatic carbocycles. The van der Waals surface area contributed by atoms with Crippen molar-refractivity contribution in [2.45, 2.75) is 0 Å². The minimum Gasteiger partial charge on any atom is -0.378 e. The highest BCUT2D eigenvalue weighted by Crippen LogP contribution is 2.24. The molecule has 26 heavy (non-hydrogen) atoms. The first-order chi connectivity index (χ1) is 12.7. The van der Waals surface area contributed by atoms with Crippen molar-refractivity contribution >= 4 is 40.2 Å². The number of hydrogen-bond donors (Lipinski definition) is 1. The van der Waals surface area contributed by atoms with E-state index in [2.05, 4.69) is 25.3 Å². The third-order valence-electron chi connectivity index (χ3n) is 3.88. The van der Waals surface area contributed by atoms with Gasteiger partial charge >= 0.3 is 0 Å². The Morgan fingerprint density at radius 1 is 1.27 bits per heavy atom. The average Bonchev–Trinajstić information content (AvgIpc) is 3.31. The molecular weight excluding hydrogens is 376 g/mol. The van der Waals surface area contributed by atoms with E-state index in [9.17, 15) is 4.79 Å². The summed E-state index contributed by atoms with van der Waals surface area (Å²) in [4.78, 5) is 23.4. The summed E-state index contributed by atoms with van der Waals surface area (Å²) >= 11 is 7.10. The fourth-order valence-electron chi connectivity index (χ4n) is 2.65. The second-order valence-corrected chi connectivity index (χ2v) is 7.28. The summed E-state index contributed by atoms with van der Waals surface area (Å²) in [5.41, 5.74) is 1.45. The SMILES string of the molecule is O=C(Nc1cnn(-c2ncncc2N2CCOCC2)c1)c1ccc(Cl)s1. The average molecular weight is 391 g/mol. The predicted molar refractivity (Wildman–Crippen MR) is 99.5 cm³/mol. The number of carbonyl (C=O) groups is 1. The second kappa shape index (κ2) is 7.40. The Morgan fingerprint density at radius 2 is 2.12 bits per heavy atom. The van der Waals surface area contributed by atoms with Gasteiger partial charge in [0.1, 0.15) is 12.0 Å². The van der Waals surface area contributed by atoms with E-state index in [1.54, 1.807) is 35.4 Å². The molecule has 0 aliphatic carbocycles. The van der Waals surface area contributed by atoms with Crippen molar-refractivity contribution in [3.8, 4) is 5.82 Å². The van der Waals surface area contributed by atoms with E-state index in [1.807, 2.05) is 0 Å². The van der Waals surface area contributed by atoms with Crippen LogP contribution in [0.3, 0.4) is 0 Å². The lowest BCUT2D eigenvalue weighted by atomic mass is 10.3. The first-order valence-corrected chi connectivity index (χ1v) is 9.14. The molecule has 1 aliphatic heterocycles. The number of morpholine rings is 1. The Balaban J connectivity index is 1.55. The number of nitrogens with zero attached hydrogens (tertiary/aromatic N) is 5. The molecule has 0 atom stereocenters. The first-order valence-electron chi connectivity index (χ1n) is 7.95. The molecule has 8 nitrogen and oxygen atoms in total. The van der Waals surface area contributed by atoms with Gasteiger partial charge in [0.2, 0.25) is 0 Å². The summed E-state index contributed by atoms with van der Waals surface area (Å²) in [5.74, 6) is 0.430. The third-order valence-corrected chi connectivity index (χ3v) is 5.11. The molecule has 1 aliphatic rings. The summed E-state index contributed by atoms with van der Waals surface area (Å²) in [6.07, 6.45) is 6.55. The molecule has 4 rings (SSSR count). The van der Waals surface area contributed by atoms with Crippen molar-refractivity contribution < 1.29 is 9.53 Å². The maximum atomic E-state index is 12.2. The summed E-state index contributed by atoms with van der Waals surface area (Å²) < 4.78 is 7.60. The zero-order valence-electron chi connectivity index (χ0n) is 13.6. The van der Waals surface area contributed by atoms with Gasteiger partial charge in [0.05, 0.1) is 46.7 Å². The van der Waals surface area contributed by atoms with Gasteiger partial charge < -0.3 is 15.0 Å². The van der Waals surface area contributed by atoms with Gasteiger partial charge in [-0.05, 0) is 12.1 Å². The Labute approximate surface area is 158 Å². The number of aromatic nitrogens is 4. The molecule has 0 saturated carbocycles. The van der Waals surface area contributed by atoms with Crippen molar-refractivity contribution in [2.24, 2.45) is 0 Å². The Morgan fingerprint density at radius 3 is 2.88 bits per heavy atom. The zero-order valence-corrected chi connectivity index (χ0v) is 15.2. The van der Waals surface area contributed by atoms with Gasteiger partial charge in [-0.2, -0.15) is 5.10 Å². The highest BCUT2D eigenvalue weighted by atomic mass is 35.5. The molecule has 0 bridgehead atoms. The largest absolute Gasteiger partial charge is 0.378 e. The van der Waals surface area contributed by atoms with Gasteiger partial charge in [-0.25, -0.2) is 14.6 Å². The monoisotopic (exact) mass is 390 g/mol. The standard InChI is InChI=1S/C16H15ClN6O2S/c17-14-2-1-13(26-14)16(24)21-11-7-20-23(9-11)15-12(8-18-10-19-15)22-3-5-25-6-4-22/h1-2,7-10H,3-6H2,(H,21,24). The van der Waals surface area contributed by atoms with Gasteiger partial charge in [0, 0.05) is 13.1 Å². The predicted octanol–water partition coefficient (Wildman–Crippen LogP) is 2.47. The highest BCUT2D eigenvalue weighted by molar-refractivity contribution is 7.18. The molecule has 4 heterocycles. The molecule has 1 fully saturated rings. The fourth-order valence-corrected chi connectivity index (χ4v) is 3.59. The smallest absolute Gasteiger partial charge is 0.265 e.